The Balaban J connectivity index is 1.73. The smallest absolute Gasteiger partial charge is 0.338 e. The van der Waals surface area contributed by atoms with E-state index in [1.165, 1.54) is 6.07 Å². The normalized spacial score (nSPS) is 19.7. The number of carbonyl (C=O) groups excluding carboxylic acids is 2. The zero-order valence-corrected chi connectivity index (χ0v) is 13.8. The van der Waals surface area contributed by atoms with E-state index >= 15 is 0 Å². The second-order valence-corrected chi connectivity index (χ2v) is 5.94. The van der Waals surface area contributed by atoms with Crippen LogP contribution in [0.15, 0.2) is 48.5 Å². The largest absolute Gasteiger partial charge is 0.462 e. The van der Waals surface area contributed by atoms with Gasteiger partial charge in [-0.05, 0) is 29.8 Å². The molecule has 0 aromatic heterocycles. The molecule has 1 N–H and O–H groups in total. The summed E-state index contributed by atoms with van der Waals surface area (Å²) in [7, 11) is 0. The number of amides is 1. The molecule has 26 heavy (non-hydrogen) atoms. The molecule has 1 aliphatic heterocycles. The van der Waals surface area contributed by atoms with Gasteiger partial charge in [-0.3, -0.25) is 4.79 Å². The predicted octanol–water partition coefficient (Wildman–Crippen LogP) is 2.55. The van der Waals surface area contributed by atoms with Gasteiger partial charge in [0, 0.05) is 6.42 Å². The lowest BCUT2D eigenvalue weighted by molar-refractivity contribution is -0.147. The molecule has 1 aliphatic rings. The third-order valence-electron chi connectivity index (χ3n) is 4.24. The molecule has 2 aromatic rings. The molecule has 1 fully saturated rings. The number of ether oxygens (including phenoxy) is 2. The van der Waals surface area contributed by atoms with Gasteiger partial charge < -0.3 is 14.8 Å². The van der Waals surface area contributed by atoms with E-state index < -0.39 is 23.2 Å². The lowest BCUT2D eigenvalue weighted by Crippen LogP contribution is -2.51. The van der Waals surface area contributed by atoms with Crippen LogP contribution in [0.25, 0.3) is 0 Å². The van der Waals surface area contributed by atoms with Crippen LogP contribution in [-0.4, -0.2) is 31.6 Å². The Morgan fingerprint density at radius 1 is 1.15 bits per heavy atom. The number of morpholine rings is 1. The zero-order chi connectivity index (χ0) is 18.6. The van der Waals surface area contributed by atoms with Crippen LogP contribution >= 0.6 is 0 Å². The van der Waals surface area contributed by atoms with Crippen molar-refractivity contribution in [1.82, 2.24) is 5.32 Å². The predicted molar refractivity (Wildman–Crippen MR) is 88.3 cm³/mol. The molecule has 1 heterocycles. The van der Waals surface area contributed by atoms with Crippen molar-refractivity contribution in [2.24, 2.45) is 0 Å². The average Bonchev–Trinajstić information content (AvgIpc) is 2.66. The van der Waals surface area contributed by atoms with Crippen LogP contribution in [0.2, 0.25) is 0 Å². The number of benzene rings is 2. The Labute approximate surface area is 148 Å². The third-order valence-corrected chi connectivity index (χ3v) is 4.24. The van der Waals surface area contributed by atoms with E-state index in [1.54, 1.807) is 30.3 Å². The summed E-state index contributed by atoms with van der Waals surface area (Å²) in [5, 5.41) is 2.65. The van der Waals surface area contributed by atoms with Crippen molar-refractivity contribution in [3.05, 3.63) is 71.3 Å². The van der Waals surface area contributed by atoms with Crippen LogP contribution in [0.4, 0.5) is 8.78 Å². The minimum Gasteiger partial charge on any atom is -0.462 e. The summed E-state index contributed by atoms with van der Waals surface area (Å²) in [4.78, 5) is 23.5. The van der Waals surface area contributed by atoms with E-state index in [0.29, 0.717) is 11.1 Å². The van der Waals surface area contributed by atoms with Crippen molar-refractivity contribution in [1.29, 1.82) is 0 Å². The number of carbonyl (C=O) groups is 2. The minimum absolute atomic E-state index is 0.0113. The van der Waals surface area contributed by atoms with Gasteiger partial charge in [0.1, 0.15) is 12.2 Å². The maximum Gasteiger partial charge on any atom is 0.338 e. The topological polar surface area (TPSA) is 64.6 Å². The molecule has 0 radical (unpaired) electrons. The second kappa shape index (κ2) is 7.61. The van der Waals surface area contributed by atoms with Gasteiger partial charge in [-0.25, -0.2) is 13.6 Å². The molecular weight excluding hydrogens is 344 g/mol. The maximum absolute atomic E-state index is 13.6. The molecule has 0 aliphatic carbocycles. The number of esters is 1. The van der Waals surface area contributed by atoms with E-state index in [9.17, 15) is 18.4 Å². The van der Waals surface area contributed by atoms with Crippen LogP contribution in [0, 0.1) is 11.6 Å². The van der Waals surface area contributed by atoms with Gasteiger partial charge in [0.2, 0.25) is 5.91 Å². The highest BCUT2D eigenvalue weighted by Gasteiger charge is 2.38. The van der Waals surface area contributed by atoms with Crippen LogP contribution in [0.1, 0.15) is 22.3 Å². The van der Waals surface area contributed by atoms with E-state index in [1.807, 2.05) is 0 Å². The molecule has 136 valence electrons. The van der Waals surface area contributed by atoms with Crippen LogP contribution in [0.3, 0.4) is 0 Å². The summed E-state index contributed by atoms with van der Waals surface area (Å²) in [6.45, 7) is -0.159. The van der Waals surface area contributed by atoms with Gasteiger partial charge in [-0.1, -0.05) is 24.3 Å². The van der Waals surface area contributed by atoms with Crippen molar-refractivity contribution in [2.45, 2.75) is 12.0 Å². The summed E-state index contributed by atoms with van der Waals surface area (Å²) in [5.74, 6) is -2.78. The quantitative estimate of drug-likeness (QED) is 0.832. The fourth-order valence-electron chi connectivity index (χ4n) is 2.78. The summed E-state index contributed by atoms with van der Waals surface area (Å²) < 4.78 is 37.8. The number of rotatable bonds is 5. The highest BCUT2D eigenvalue weighted by molar-refractivity contribution is 5.89. The molecule has 0 bridgehead atoms. The van der Waals surface area contributed by atoms with Gasteiger partial charge in [0.15, 0.2) is 11.6 Å². The lowest BCUT2D eigenvalue weighted by Gasteiger charge is -2.37. The number of nitrogens with one attached hydrogen (secondary N) is 1. The monoisotopic (exact) mass is 361 g/mol. The van der Waals surface area contributed by atoms with E-state index in [2.05, 4.69) is 5.32 Å². The number of hydrogen-bond donors (Lipinski definition) is 1. The first-order valence-corrected chi connectivity index (χ1v) is 8.08. The van der Waals surface area contributed by atoms with Crippen molar-refractivity contribution < 1.29 is 27.8 Å². The zero-order valence-electron chi connectivity index (χ0n) is 13.8. The average molecular weight is 361 g/mol. The molecule has 1 atom stereocenters. The fourth-order valence-corrected chi connectivity index (χ4v) is 2.78. The van der Waals surface area contributed by atoms with Crippen molar-refractivity contribution >= 4 is 11.9 Å². The lowest BCUT2D eigenvalue weighted by atomic mass is 9.89. The van der Waals surface area contributed by atoms with Crippen molar-refractivity contribution in [3.8, 4) is 0 Å². The third kappa shape index (κ3) is 3.88. The molecule has 0 spiro atoms. The Kier molecular flexibility index (Phi) is 5.27. The van der Waals surface area contributed by atoms with Crippen LogP contribution in [-0.2, 0) is 19.9 Å². The van der Waals surface area contributed by atoms with Crippen LogP contribution in [0.5, 0.6) is 0 Å². The minimum atomic E-state index is -1.10. The first kappa shape index (κ1) is 18.0. The van der Waals surface area contributed by atoms with Crippen LogP contribution < -0.4 is 5.32 Å². The van der Waals surface area contributed by atoms with Gasteiger partial charge in [-0.2, -0.15) is 0 Å². The van der Waals surface area contributed by atoms with E-state index in [0.717, 1.165) is 12.1 Å². The Hall–Kier alpha value is -2.80. The Bertz CT molecular complexity index is 800. The van der Waals surface area contributed by atoms with Gasteiger partial charge in [0.25, 0.3) is 0 Å². The standard InChI is InChI=1S/C19H17F2NO4/c20-15-7-6-14(10-16(15)21)19(12-22-17(23)11-26-19)8-9-25-18(24)13-4-2-1-3-5-13/h1-7,10H,8-9,11-12H2,(H,22,23). The molecular formula is C19H17F2NO4. The first-order valence-electron chi connectivity index (χ1n) is 8.08. The highest BCUT2D eigenvalue weighted by atomic mass is 19.2. The number of hydrogen-bond acceptors (Lipinski definition) is 4. The SMILES string of the molecule is O=C1COC(CCOC(=O)c2ccccc2)(c2ccc(F)c(F)c2)CN1. The molecule has 1 amide bonds. The summed E-state index contributed by atoms with van der Waals surface area (Å²) in [6, 6.07) is 11.9. The first-order chi connectivity index (χ1) is 12.5. The van der Waals surface area contributed by atoms with Gasteiger partial charge in [-0.15, -0.1) is 0 Å². The molecule has 3 rings (SSSR count). The summed E-state index contributed by atoms with van der Waals surface area (Å²) in [5.41, 5.74) is -0.321. The molecule has 2 aromatic carbocycles. The molecule has 0 saturated carbocycles. The van der Waals surface area contributed by atoms with Crippen molar-refractivity contribution in [2.75, 3.05) is 19.8 Å². The van der Waals surface area contributed by atoms with E-state index in [-0.39, 0.29) is 32.1 Å². The number of halogens is 2. The van der Waals surface area contributed by atoms with Crippen molar-refractivity contribution in [3.63, 3.8) is 0 Å². The second-order valence-electron chi connectivity index (χ2n) is 5.94. The Morgan fingerprint density at radius 2 is 1.92 bits per heavy atom. The maximum atomic E-state index is 13.6. The van der Waals surface area contributed by atoms with Gasteiger partial charge >= 0.3 is 5.97 Å². The van der Waals surface area contributed by atoms with E-state index in [4.69, 9.17) is 9.47 Å². The highest BCUT2D eigenvalue weighted by Crippen LogP contribution is 2.32. The molecule has 1 saturated heterocycles. The van der Waals surface area contributed by atoms with Gasteiger partial charge in [0.05, 0.1) is 18.7 Å². The molecule has 5 nitrogen and oxygen atoms in total. The molecule has 7 heteroatoms. The summed E-state index contributed by atoms with van der Waals surface area (Å²) >= 11 is 0. The Morgan fingerprint density at radius 3 is 2.58 bits per heavy atom. The summed E-state index contributed by atoms with van der Waals surface area (Å²) in [6.07, 6.45) is 0.178. The molecule has 1 unspecified atom stereocenters. The fraction of sp³-hybridized carbons (Fsp3) is 0.263.